The SMILES string of the molecule is CC(C)CC1=C(NC(=O)N(Cc2ccccc2)c2ccc(OCCCCO)cc2)C(C(C)C)=CCCC1. The number of amides is 2. The molecule has 200 valence electrons. The Bertz CT molecular complexity index is 1040. The number of allylic oxidation sites excluding steroid dienone is 3. The summed E-state index contributed by atoms with van der Waals surface area (Å²) in [6.45, 7) is 10.1. The maximum Gasteiger partial charge on any atom is 0.326 e. The maximum atomic E-state index is 14.0. The van der Waals surface area contributed by atoms with Crippen molar-refractivity contribution in [1.82, 2.24) is 5.32 Å². The number of urea groups is 1. The number of nitrogens with zero attached hydrogens (tertiary/aromatic N) is 1. The molecule has 0 aliphatic heterocycles. The molecule has 5 heteroatoms. The number of carbonyl (C=O) groups is 1. The fraction of sp³-hybridized carbons (Fsp3) is 0.469. The number of aliphatic hydroxyl groups is 1. The van der Waals surface area contributed by atoms with Crippen molar-refractivity contribution in [1.29, 1.82) is 0 Å². The third kappa shape index (κ3) is 8.78. The van der Waals surface area contributed by atoms with Crippen LogP contribution in [0.2, 0.25) is 0 Å². The van der Waals surface area contributed by atoms with E-state index in [-0.39, 0.29) is 12.6 Å². The first kappa shape index (κ1) is 28.5. The highest BCUT2D eigenvalue weighted by Crippen LogP contribution is 2.32. The molecule has 0 radical (unpaired) electrons. The van der Waals surface area contributed by atoms with Crippen LogP contribution in [-0.2, 0) is 6.54 Å². The summed E-state index contributed by atoms with van der Waals surface area (Å²) in [5.74, 6) is 1.62. The van der Waals surface area contributed by atoms with Crippen molar-refractivity contribution < 1.29 is 14.6 Å². The lowest BCUT2D eigenvalue weighted by atomic mass is 9.92. The molecule has 2 amide bonds. The molecule has 2 N–H and O–H groups in total. The Kier molecular flexibility index (Phi) is 11.3. The Morgan fingerprint density at radius 2 is 1.76 bits per heavy atom. The first-order valence-electron chi connectivity index (χ1n) is 13.8. The van der Waals surface area contributed by atoms with E-state index >= 15 is 0 Å². The fourth-order valence-corrected chi connectivity index (χ4v) is 4.73. The lowest BCUT2D eigenvalue weighted by Gasteiger charge is -2.27. The number of hydrogen-bond acceptors (Lipinski definition) is 3. The lowest BCUT2D eigenvalue weighted by molar-refractivity contribution is 0.248. The van der Waals surface area contributed by atoms with Crippen LogP contribution in [0.4, 0.5) is 10.5 Å². The molecule has 2 aromatic rings. The highest BCUT2D eigenvalue weighted by Gasteiger charge is 2.24. The molecular weight excluding hydrogens is 460 g/mol. The third-order valence-electron chi connectivity index (χ3n) is 6.60. The second-order valence-corrected chi connectivity index (χ2v) is 10.6. The quantitative estimate of drug-likeness (QED) is 0.292. The summed E-state index contributed by atoms with van der Waals surface area (Å²) in [6, 6.07) is 17.7. The van der Waals surface area contributed by atoms with Crippen LogP contribution in [0.15, 0.2) is 77.5 Å². The summed E-state index contributed by atoms with van der Waals surface area (Å²) in [5, 5.41) is 12.3. The van der Waals surface area contributed by atoms with Gasteiger partial charge in [-0.05, 0) is 91.3 Å². The van der Waals surface area contributed by atoms with Crippen LogP contribution in [0.5, 0.6) is 5.75 Å². The molecule has 0 heterocycles. The summed E-state index contributed by atoms with van der Waals surface area (Å²) < 4.78 is 5.80. The van der Waals surface area contributed by atoms with E-state index in [0.29, 0.717) is 25.0 Å². The number of rotatable bonds is 12. The van der Waals surface area contributed by atoms with Gasteiger partial charge in [0.2, 0.25) is 0 Å². The lowest BCUT2D eigenvalue weighted by Crippen LogP contribution is -2.40. The van der Waals surface area contributed by atoms with Gasteiger partial charge in [-0.2, -0.15) is 0 Å². The topological polar surface area (TPSA) is 61.8 Å². The van der Waals surface area contributed by atoms with Crippen LogP contribution >= 0.6 is 0 Å². The molecule has 0 saturated heterocycles. The van der Waals surface area contributed by atoms with Crippen molar-refractivity contribution in [3.8, 4) is 5.75 Å². The summed E-state index contributed by atoms with van der Waals surface area (Å²) >= 11 is 0. The molecule has 37 heavy (non-hydrogen) atoms. The Hall–Kier alpha value is -3.05. The van der Waals surface area contributed by atoms with Crippen LogP contribution in [-0.4, -0.2) is 24.4 Å². The van der Waals surface area contributed by atoms with Crippen LogP contribution in [0.1, 0.15) is 71.8 Å². The average Bonchev–Trinajstić information content (AvgIpc) is 3.08. The van der Waals surface area contributed by atoms with Crippen molar-refractivity contribution in [2.24, 2.45) is 11.8 Å². The van der Waals surface area contributed by atoms with Crippen LogP contribution < -0.4 is 15.0 Å². The van der Waals surface area contributed by atoms with Gasteiger partial charge in [0.25, 0.3) is 0 Å². The predicted molar refractivity (Wildman–Crippen MR) is 153 cm³/mol. The average molecular weight is 505 g/mol. The second kappa shape index (κ2) is 14.6. The Morgan fingerprint density at radius 1 is 1.03 bits per heavy atom. The highest BCUT2D eigenvalue weighted by atomic mass is 16.5. The molecule has 1 aliphatic rings. The molecule has 0 unspecified atom stereocenters. The van der Waals surface area contributed by atoms with E-state index in [1.165, 1.54) is 11.1 Å². The number of aliphatic hydroxyl groups excluding tert-OH is 1. The van der Waals surface area contributed by atoms with E-state index in [9.17, 15) is 4.79 Å². The molecule has 5 nitrogen and oxygen atoms in total. The van der Waals surface area contributed by atoms with E-state index in [1.54, 1.807) is 0 Å². The van der Waals surface area contributed by atoms with Crippen molar-refractivity contribution in [3.05, 3.63) is 83.1 Å². The zero-order valence-electron chi connectivity index (χ0n) is 23.0. The Balaban J connectivity index is 1.90. The second-order valence-electron chi connectivity index (χ2n) is 10.6. The van der Waals surface area contributed by atoms with Crippen molar-refractivity contribution in [3.63, 3.8) is 0 Å². The van der Waals surface area contributed by atoms with Crippen LogP contribution in [0, 0.1) is 11.8 Å². The van der Waals surface area contributed by atoms with Crippen LogP contribution in [0.25, 0.3) is 0 Å². The van der Waals surface area contributed by atoms with E-state index in [4.69, 9.17) is 9.84 Å². The number of hydrogen-bond donors (Lipinski definition) is 2. The van der Waals surface area contributed by atoms with Gasteiger partial charge in [0.15, 0.2) is 0 Å². The number of anilines is 1. The Morgan fingerprint density at radius 3 is 2.41 bits per heavy atom. The van der Waals surface area contributed by atoms with E-state index in [0.717, 1.165) is 61.2 Å². The summed E-state index contributed by atoms with van der Waals surface area (Å²) in [6.07, 6.45) is 8.01. The van der Waals surface area contributed by atoms with Gasteiger partial charge >= 0.3 is 6.03 Å². The monoisotopic (exact) mass is 504 g/mol. The maximum absolute atomic E-state index is 14.0. The molecular formula is C32H44N2O3. The van der Waals surface area contributed by atoms with Gasteiger partial charge in [0, 0.05) is 18.0 Å². The molecule has 0 fully saturated rings. The van der Waals surface area contributed by atoms with Gasteiger partial charge in [-0.1, -0.05) is 64.1 Å². The number of carbonyl (C=O) groups excluding carboxylic acids is 1. The number of ether oxygens (including phenoxy) is 1. The third-order valence-corrected chi connectivity index (χ3v) is 6.60. The first-order valence-corrected chi connectivity index (χ1v) is 13.8. The molecule has 2 aromatic carbocycles. The zero-order chi connectivity index (χ0) is 26.6. The zero-order valence-corrected chi connectivity index (χ0v) is 23.0. The smallest absolute Gasteiger partial charge is 0.326 e. The molecule has 0 atom stereocenters. The number of benzene rings is 2. The number of unbranched alkanes of at least 4 members (excludes halogenated alkanes) is 1. The van der Waals surface area contributed by atoms with Crippen LogP contribution in [0.3, 0.4) is 0 Å². The summed E-state index contributed by atoms with van der Waals surface area (Å²) in [5.41, 5.74) is 5.51. The van der Waals surface area contributed by atoms with E-state index < -0.39 is 0 Å². The minimum atomic E-state index is -0.120. The number of nitrogens with one attached hydrogen (secondary N) is 1. The summed E-state index contributed by atoms with van der Waals surface area (Å²) in [4.78, 5) is 15.8. The van der Waals surface area contributed by atoms with Gasteiger partial charge in [0.05, 0.1) is 13.2 Å². The molecule has 1 aliphatic carbocycles. The Labute approximate surface area is 223 Å². The van der Waals surface area contributed by atoms with Gasteiger partial charge in [0.1, 0.15) is 5.75 Å². The summed E-state index contributed by atoms with van der Waals surface area (Å²) in [7, 11) is 0. The van der Waals surface area contributed by atoms with E-state index in [1.807, 2.05) is 59.5 Å². The molecule has 0 saturated carbocycles. The van der Waals surface area contributed by atoms with Crippen molar-refractivity contribution in [2.45, 2.75) is 72.8 Å². The van der Waals surface area contributed by atoms with Gasteiger partial charge in [-0.3, -0.25) is 4.90 Å². The standard InChI is InChI=1S/C32H44N2O3/c1-24(2)22-27-14-8-9-15-30(25(3)4)31(27)33-32(36)34(23-26-12-6-5-7-13-26)28-16-18-29(19-17-28)37-21-11-10-20-35/h5-7,12-13,15-19,24-25,35H,8-11,14,20-23H2,1-4H3,(H,33,36). The van der Waals surface area contributed by atoms with Gasteiger partial charge in [-0.25, -0.2) is 4.79 Å². The minimum Gasteiger partial charge on any atom is -0.494 e. The van der Waals surface area contributed by atoms with Gasteiger partial charge < -0.3 is 15.2 Å². The van der Waals surface area contributed by atoms with Gasteiger partial charge in [-0.15, -0.1) is 0 Å². The predicted octanol–water partition coefficient (Wildman–Crippen LogP) is 7.62. The largest absolute Gasteiger partial charge is 0.494 e. The van der Waals surface area contributed by atoms with E-state index in [2.05, 4.69) is 39.1 Å². The fourth-order valence-electron chi connectivity index (χ4n) is 4.73. The minimum absolute atomic E-state index is 0.120. The first-order chi connectivity index (χ1) is 17.9. The van der Waals surface area contributed by atoms with Crippen molar-refractivity contribution in [2.75, 3.05) is 18.1 Å². The molecule has 0 spiro atoms. The molecule has 0 bridgehead atoms. The normalized spacial score (nSPS) is 14.0. The van der Waals surface area contributed by atoms with Crippen molar-refractivity contribution >= 4 is 11.7 Å². The highest BCUT2D eigenvalue weighted by molar-refractivity contribution is 5.93. The molecule has 0 aromatic heterocycles. The molecule has 3 rings (SSSR count).